The number of carbonyl (C=O) groups excluding carboxylic acids is 1. The number of benzene rings is 1. The van der Waals surface area contributed by atoms with Crippen molar-refractivity contribution in [2.45, 2.75) is 37.5 Å². The monoisotopic (exact) mass is 489 g/mol. The summed E-state index contributed by atoms with van der Waals surface area (Å²) in [6.07, 6.45) is 1.57. The lowest BCUT2D eigenvalue weighted by Gasteiger charge is -2.32. The van der Waals surface area contributed by atoms with Crippen LogP contribution in [0.5, 0.6) is 0 Å². The SMILES string of the molecule is O=C(N[C@@H]1CCC[C@@H](O)C1O)c1c(F)cncc1Nc1ccc(I)cc1F. The molecular formula is C18H18F2IN3O3. The highest BCUT2D eigenvalue weighted by molar-refractivity contribution is 14.1. The number of nitrogens with one attached hydrogen (secondary N) is 2. The third-order valence-electron chi connectivity index (χ3n) is 4.47. The minimum Gasteiger partial charge on any atom is -0.390 e. The molecule has 1 unspecified atom stereocenters. The zero-order chi connectivity index (χ0) is 19.6. The van der Waals surface area contributed by atoms with E-state index in [-0.39, 0.29) is 16.9 Å². The Hall–Kier alpha value is -1.85. The van der Waals surface area contributed by atoms with Crippen LogP contribution in [0.1, 0.15) is 29.6 Å². The molecular weight excluding hydrogens is 471 g/mol. The highest BCUT2D eigenvalue weighted by Crippen LogP contribution is 2.26. The molecule has 1 aliphatic rings. The molecule has 2 aromatic rings. The fraction of sp³-hybridized carbons (Fsp3) is 0.333. The number of hydrogen-bond acceptors (Lipinski definition) is 5. The molecule has 0 spiro atoms. The Kier molecular flexibility index (Phi) is 6.22. The van der Waals surface area contributed by atoms with Gasteiger partial charge in [0.1, 0.15) is 11.4 Å². The van der Waals surface area contributed by atoms with Gasteiger partial charge in [0.05, 0.1) is 42.0 Å². The lowest BCUT2D eigenvalue weighted by Crippen LogP contribution is -2.51. The van der Waals surface area contributed by atoms with Crippen LogP contribution < -0.4 is 10.6 Å². The van der Waals surface area contributed by atoms with Gasteiger partial charge in [0.25, 0.3) is 5.91 Å². The summed E-state index contributed by atoms with van der Waals surface area (Å²) in [5.41, 5.74) is -0.265. The summed E-state index contributed by atoms with van der Waals surface area (Å²) in [5.74, 6) is -2.21. The fourth-order valence-corrected chi connectivity index (χ4v) is 3.50. The van der Waals surface area contributed by atoms with Crippen molar-refractivity contribution in [3.05, 3.63) is 51.4 Å². The van der Waals surface area contributed by atoms with Crippen molar-refractivity contribution in [3.8, 4) is 0 Å². The van der Waals surface area contributed by atoms with Crippen LogP contribution in [0.3, 0.4) is 0 Å². The van der Waals surface area contributed by atoms with E-state index in [4.69, 9.17) is 0 Å². The standard InChI is InChI=1S/C18H18F2IN3O3/c19-10-6-9(21)4-5-12(10)23-14-8-22-7-11(20)16(14)18(27)24-13-2-1-3-15(25)17(13)26/h4-8,13,15,17,23,25-26H,1-3H2,(H,24,27)/t13-,15-,17?/m1/s1. The number of rotatable bonds is 4. The molecule has 3 atom stereocenters. The first kappa shape index (κ1) is 19.9. The Labute approximate surface area is 168 Å². The van der Waals surface area contributed by atoms with Gasteiger partial charge >= 0.3 is 0 Å². The van der Waals surface area contributed by atoms with Gasteiger partial charge in [-0.25, -0.2) is 8.78 Å². The van der Waals surface area contributed by atoms with Crippen LogP contribution in [-0.2, 0) is 0 Å². The first-order chi connectivity index (χ1) is 12.9. The zero-order valence-corrected chi connectivity index (χ0v) is 16.3. The van der Waals surface area contributed by atoms with Crippen molar-refractivity contribution in [3.63, 3.8) is 0 Å². The number of carbonyl (C=O) groups is 1. The molecule has 27 heavy (non-hydrogen) atoms. The number of aromatic nitrogens is 1. The third kappa shape index (κ3) is 4.53. The molecule has 144 valence electrons. The molecule has 0 saturated heterocycles. The van der Waals surface area contributed by atoms with Crippen LogP contribution in [0.4, 0.5) is 20.2 Å². The molecule has 6 nitrogen and oxygen atoms in total. The molecule has 1 fully saturated rings. The fourth-order valence-electron chi connectivity index (χ4n) is 3.05. The Morgan fingerprint density at radius 1 is 1.15 bits per heavy atom. The summed E-state index contributed by atoms with van der Waals surface area (Å²) < 4.78 is 29.1. The Morgan fingerprint density at radius 3 is 2.67 bits per heavy atom. The van der Waals surface area contributed by atoms with Gasteiger partial charge in [0.2, 0.25) is 0 Å². The average molecular weight is 489 g/mol. The number of amides is 1. The van der Waals surface area contributed by atoms with Crippen LogP contribution >= 0.6 is 22.6 Å². The van der Waals surface area contributed by atoms with Gasteiger partial charge in [0, 0.05) is 3.57 Å². The number of hydrogen-bond donors (Lipinski definition) is 4. The lowest BCUT2D eigenvalue weighted by atomic mass is 9.90. The number of halogens is 3. The van der Waals surface area contributed by atoms with Gasteiger partial charge in [-0.2, -0.15) is 0 Å². The van der Waals surface area contributed by atoms with E-state index < -0.39 is 35.8 Å². The van der Waals surface area contributed by atoms with Crippen molar-refractivity contribution in [1.82, 2.24) is 10.3 Å². The maximum Gasteiger partial charge on any atom is 0.256 e. The molecule has 1 saturated carbocycles. The zero-order valence-electron chi connectivity index (χ0n) is 14.1. The van der Waals surface area contributed by atoms with E-state index in [2.05, 4.69) is 15.6 Å². The second kappa shape index (κ2) is 8.44. The minimum absolute atomic E-state index is 0.00143. The minimum atomic E-state index is -1.13. The van der Waals surface area contributed by atoms with E-state index in [9.17, 15) is 23.8 Å². The predicted molar refractivity (Wildman–Crippen MR) is 104 cm³/mol. The molecule has 1 aliphatic carbocycles. The number of anilines is 2. The number of pyridine rings is 1. The molecule has 3 rings (SSSR count). The second-order valence-electron chi connectivity index (χ2n) is 6.36. The second-order valence-corrected chi connectivity index (χ2v) is 7.61. The largest absolute Gasteiger partial charge is 0.390 e. The van der Waals surface area contributed by atoms with Gasteiger partial charge in [-0.05, 0) is 60.1 Å². The summed E-state index contributed by atoms with van der Waals surface area (Å²) in [6.45, 7) is 0. The average Bonchev–Trinajstić information content (AvgIpc) is 2.61. The summed E-state index contributed by atoms with van der Waals surface area (Å²) in [5, 5.41) is 25.0. The molecule has 1 aromatic carbocycles. The molecule has 1 aromatic heterocycles. The number of aliphatic hydroxyl groups is 2. The molecule has 0 bridgehead atoms. The van der Waals surface area contributed by atoms with Crippen LogP contribution in [0.25, 0.3) is 0 Å². The molecule has 0 aliphatic heterocycles. The van der Waals surface area contributed by atoms with Crippen LogP contribution in [0, 0.1) is 15.2 Å². The molecule has 4 N–H and O–H groups in total. The number of nitrogens with zero attached hydrogens (tertiary/aromatic N) is 1. The van der Waals surface area contributed by atoms with Crippen LogP contribution in [0.2, 0.25) is 0 Å². The van der Waals surface area contributed by atoms with Crippen molar-refractivity contribution < 1.29 is 23.8 Å². The smallest absolute Gasteiger partial charge is 0.256 e. The van der Waals surface area contributed by atoms with E-state index in [0.717, 1.165) is 6.20 Å². The first-order valence-corrected chi connectivity index (χ1v) is 9.47. The molecule has 1 heterocycles. The first-order valence-electron chi connectivity index (χ1n) is 8.39. The van der Waals surface area contributed by atoms with E-state index in [1.54, 1.807) is 6.07 Å². The summed E-state index contributed by atoms with van der Waals surface area (Å²) in [7, 11) is 0. The van der Waals surface area contributed by atoms with Crippen LogP contribution in [-0.4, -0.2) is 39.4 Å². The summed E-state index contributed by atoms with van der Waals surface area (Å²) in [4.78, 5) is 16.3. The number of aliphatic hydroxyl groups excluding tert-OH is 2. The molecule has 9 heteroatoms. The summed E-state index contributed by atoms with van der Waals surface area (Å²) in [6, 6.07) is 3.75. The maximum absolute atomic E-state index is 14.3. The van der Waals surface area contributed by atoms with Crippen molar-refractivity contribution >= 4 is 39.9 Å². The highest BCUT2D eigenvalue weighted by atomic mass is 127. The summed E-state index contributed by atoms with van der Waals surface area (Å²) >= 11 is 1.96. The van der Waals surface area contributed by atoms with Gasteiger partial charge < -0.3 is 20.8 Å². The molecule has 0 radical (unpaired) electrons. The van der Waals surface area contributed by atoms with E-state index in [1.165, 1.54) is 18.3 Å². The predicted octanol–water partition coefficient (Wildman–Crippen LogP) is 2.71. The molecule has 1 amide bonds. The topological polar surface area (TPSA) is 94.5 Å². The van der Waals surface area contributed by atoms with Crippen molar-refractivity contribution in [1.29, 1.82) is 0 Å². The highest BCUT2D eigenvalue weighted by Gasteiger charge is 2.32. The van der Waals surface area contributed by atoms with Crippen LogP contribution in [0.15, 0.2) is 30.6 Å². The van der Waals surface area contributed by atoms with E-state index in [1.807, 2.05) is 22.6 Å². The normalized spacial score (nSPS) is 22.3. The van der Waals surface area contributed by atoms with Gasteiger partial charge in [-0.15, -0.1) is 0 Å². The van der Waals surface area contributed by atoms with Gasteiger partial charge in [-0.1, -0.05) is 0 Å². The Morgan fingerprint density at radius 2 is 1.93 bits per heavy atom. The van der Waals surface area contributed by atoms with E-state index >= 15 is 0 Å². The third-order valence-corrected chi connectivity index (χ3v) is 5.14. The van der Waals surface area contributed by atoms with Crippen molar-refractivity contribution in [2.75, 3.05) is 5.32 Å². The van der Waals surface area contributed by atoms with Crippen molar-refractivity contribution in [2.24, 2.45) is 0 Å². The van der Waals surface area contributed by atoms with Gasteiger partial charge in [-0.3, -0.25) is 9.78 Å². The Bertz CT molecular complexity index is 853. The van der Waals surface area contributed by atoms with E-state index in [0.29, 0.717) is 22.8 Å². The maximum atomic E-state index is 14.3. The quantitative estimate of drug-likeness (QED) is 0.496. The van der Waals surface area contributed by atoms with Gasteiger partial charge in [0.15, 0.2) is 5.82 Å². The lowest BCUT2D eigenvalue weighted by molar-refractivity contribution is -0.0278. The Balaban J connectivity index is 1.85.